The highest BCUT2D eigenvalue weighted by Gasteiger charge is 2.30. The Balaban J connectivity index is 2.61. The van der Waals surface area contributed by atoms with Gasteiger partial charge in [-0.25, -0.2) is 8.42 Å². The molecule has 6 heteroatoms. The molecule has 0 saturated carbocycles. The summed E-state index contributed by atoms with van der Waals surface area (Å²) >= 11 is 1.67. The number of nitrogens with one attached hydrogen (secondary N) is 1. The Bertz CT molecular complexity index is 374. The van der Waals surface area contributed by atoms with Crippen LogP contribution in [0.2, 0.25) is 0 Å². The molecule has 1 rings (SSSR count). The van der Waals surface area contributed by atoms with Crippen LogP contribution in [0.15, 0.2) is 4.99 Å². The van der Waals surface area contributed by atoms with Crippen molar-refractivity contribution in [2.45, 2.75) is 38.0 Å². The number of nitrogens with zero attached hydrogens (tertiary/aromatic N) is 1. The van der Waals surface area contributed by atoms with Crippen molar-refractivity contribution in [3.05, 3.63) is 0 Å². The summed E-state index contributed by atoms with van der Waals surface area (Å²) in [5.74, 6) is 1.02. The number of aliphatic imine (C=N–C) groups is 1. The number of hydrogen-bond donors (Lipinski definition) is 1. The molecule has 1 unspecified atom stereocenters. The molecule has 0 spiro atoms. The fraction of sp³-hybridized carbons (Fsp3) is 0.900. The van der Waals surface area contributed by atoms with Crippen LogP contribution in [0, 0.1) is 0 Å². The van der Waals surface area contributed by atoms with Gasteiger partial charge in [0, 0.05) is 18.1 Å². The highest BCUT2D eigenvalue weighted by Crippen LogP contribution is 2.19. The second-order valence-electron chi connectivity index (χ2n) is 4.71. The summed E-state index contributed by atoms with van der Waals surface area (Å²) in [5.41, 5.74) is 0. The first-order valence-electron chi connectivity index (χ1n) is 5.39. The van der Waals surface area contributed by atoms with Crippen LogP contribution in [0.3, 0.4) is 0 Å². The van der Waals surface area contributed by atoms with Crippen molar-refractivity contribution in [1.29, 1.82) is 0 Å². The molecule has 1 fully saturated rings. The molecule has 4 nitrogen and oxygen atoms in total. The Morgan fingerprint density at radius 3 is 2.62 bits per heavy atom. The first kappa shape index (κ1) is 13.8. The largest absolute Gasteiger partial charge is 0.361 e. The van der Waals surface area contributed by atoms with E-state index in [1.807, 2.05) is 0 Å². The Labute approximate surface area is 102 Å². The molecule has 1 N–H and O–H groups in total. The molecule has 94 valence electrons. The molecule has 0 aliphatic carbocycles. The monoisotopic (exact) mass is 264 g/mol. The number of thioether (sulfide) groups is 1. The Kier molecular flexibility index (Phi) is 4.29. The Hall–Kier alpha value is -0.230. The summed E-state index contributed by atoms with van der Waals surface area (Å²) in [7, 11) is -3.06. The third-order valence-corrected chi connectivity index (χ3v) is 6.07. The smallest absolute Gasteiger partial charge is 0.156 e. The molecule has 1 aliphatic heterocycles. The van der Waals surface area contributed by atoms with E-state index in [-0.39, 0.29) is 0 Å². The van der Waals surface area contributed by atoms with E-state index in [1.54, 1.807) is 25.6 Å². The summed E-state index contributed by atoms with van der Waals surface area (Å²) in [6.07, 6.45) is 2.33. The van der Waals surface area contributed by atoms with Crippen LogP contribution < -0.4 is 5.32 Å². The van der Waals surface area contributed by atoms with Gasteiger partial charge in [-0.3, -0.25) is 4.99 Å². The van der Waals surface area contributed by atoms with Crippen molar-refractivity contribution in [3.8, 4) is 0 Å². The first-order valence-corrected chi connectivity index (χ1v) is 8.27. The lowest BCUT2D eigenvalue weighted by atomic mass is 10.2. The molecule has 16 heavy (non-hydrogen) atoms. The van der Waals surface area contributed by atoms with Crippen LogP contribution in [0.4, 0.5) is 0 Å². The van der Waals surface area contributed by atoms with Gasteiger partial charge in [-0.05, 0) is 20.3 Å². The van der Waals surface area contributed by atoms with Crippen LogP contribution in [0.25, 0.3) is 0 Å². The molecule has 0 bridgehead atoms. The summed E-state index contributed by atoms with van der Waals surface area (Å²) in [4.78, 5) is 4.35. The minimum absolute atomic E-state index is 0.317. The topological polar surface area (TPSA) is 58.5 Å². The van der Waals surface area contributed by atoms with Crippen LogP contribution >= 0.6 is 11.8 Å². The van der Waals surface area contributed by atoms with E-state index in [2.05, 4.69) is 17.2 Å². The fourth-order valence-electron chi connectivity index (χ4n) is 1.13. The van der Waals surface area contributed by atoms with Gasteiger partial charge in [-0.1, -0.05) is 18.7 Å². The first-order chi connectivity index (χ1) is 7.26. The van der Waals surface area contributed by atoms with E-state index < -0.39 is 14.6 Å². The molecular weight excluding hydrogens is 244 g/mol. The van der Waals surface area contributed by atoms with Crippen molar-refractivity contribution in [2.24, 2.45) is 4.99 Å². The number of sulfone groups is 1. The second-order valence-corrected chi connectivity index (χ2v) is 8.37. The highest BCUT2D eigenvalue weighted by molar-refractivity contribution is 8.14. The molecule has 0 aromatic carbocycles. The lowest BCUT2D eigenvalue weighted by Gasteiger charge is -2.19. The molecule has 0 aromatic rings. The number of amidine groups is 1. The van der Waals surface area contributed by atoms with E-state index in [1.165, 1.54) is 6.26 Å². The quantitative estimate of drug-likeness (QED) is 0.831. The Morgan fingerprint density at radius 2 is 2.19 bits per heavy atom. The van der Waals surface area contributed by atoms with E-state index in [4.69, 9.17) is 0 Å². The molecular formula is C10H20N2O2S2. The molecule has 1 atom stereocenters. The van der Waals surface area contributed by atoms with Crippen molar-refractivity contribution in [2.75, 3.05) is 18.6 Å². The third-order valence-electron chi connectivity index (χ3n) is 2.85. The minimum atomic E-state index is -3.06. The number of hydrogen-bond acceptors (Lipinski definition) is 4. The van der Waals surface area contributed by atoms with Gasteiger partial charge in [-0.2, -0.15) is 0 Å². The van der Waals surface area contributed by atoms with Crippen LogP contribution in [-0.4, -0.2) is 42.9 Å². The lowest BCUT2D eigenvalue weighted by Crippen LogP contribution is -2.35. The van der Waals surface area contributed by atoms with Gasteiger partial charge in [-0.15, -0.1) is 0 Å². The van der Waals surface area contributed by atoms with Crippen molar-refractivity contribution >= 4 is 26.8 Å². The Morgan fingerprint density at radius 1 is 1.56 bits per heavy atom. The molecule has 0 radical (unpaired) electrons. The lowest BCUT2D eigenvalue weighted by molar-refractivity contribution is 0.555. The van der Waals surface area contributed by atoms with E-state index in [9.17, 15) is 8.42 Å². The van der Waals surface area contributed by atoms with Gasteiger partial charge < -0.3 is 5.32 Å². The normalized spacial score (nSPS) is 24.8. The third kappa shape index (κ3) is 3.38. The zero-order valence-corrected chi connectivity index (χ0v) is 11.9. The standard InChI is InChI=1S/C10H20N2O2S2/c1-5-8-6-15-9(12-8)11-7-10(2,3)16(4,13)14/h8H,5-7H2,1-4H3,(H,11,12). The van der Waals surface area contributed by atoms with Crippen LogP contribution in [-0.2, 0) is 9.84 Å². The van der Waals surface area contributed by atoms with Crippen molar-refractivity contribution < 1.29 is 8.42 Å². The molecule has 0 amide bonds. The van der Waals surface area contributed by atoms with E-state index in [0.717, 1.165) is 17.3 Å². The molecule has 0 aromatic heterocycles. The molecule has 1 saturated heterocycles. The van der Waals surface area contributed by atoms with E-state index >= 15 is 0 Å². The van der Waals surface area contributed by atoms with Gasteiger partial charge >= 0.3 is 0 Å². The average Bonchev–Trinajstić information content (AvgIpc) is 2.60. The summed E-state index contributed by atoms with van der Waals surface area (Å²) < 4.78 is 22.2. The molecule has 1 aliphatic rings. The maximum Gasteiger partial charge on any atom is 0.156 e. The molecule has 1 heterocycles. The number of rotatable bonds is 4. The summed E-state index contributed by atoms with van der Waals surface area (Å²) in [6.45, 7) is 5.87. The van der Waals surface area contributed by atoms with Gasteiger partial charge in [0.2, 0.25) is 0 Å². The van der Waals surface area contributed by atoms with Crippen LogP contribution in [0.5, 0.6) is 0 Å². The van der Waals surface area contributed by atoms with Gasteiger partial charge in [0.15, 0.2) is 15.0 Å². The maximum atomic E-state index is 11.5. The average molecular weight is 264 g/mol. The minimum Gasteiger partial charge on any atom is -0.361 e. The second kappa shape index (κ2) is 4.96. The van der Waals surface area contributed by atoms with Crippen molar-refractivity contribution in [3.63, 3.8) is 0 Å². The van der Waals surface area contributed by atoms with Crippen molar-refractivity contribution in [1.82, 2.24) is 5.32 Å². The van der Waals surface area contributed by atoms with Gasteiger partial charge in [0.05, 0.1) is 11.3 Å². The zero-order valence-electron chi connectivity index (χ0n) is 10.3. The summed E-state index contributed by atoms with van der Waals surface area (Å²) in [6, 6.07) is 0.477. The van der Waals surface area contributed by atoms with E-state index in [0.29, 0.717) is 12.6 Å². The van der Waals surface area contributed by atoms with Gasteiger partial charge in [0.25, 0.3) is 0 Å². The van der Waals surface area contributed by atoms with Crippen LogP contribution in [0.1, 0.15) is 27.2 Å². The predicted octanol–water partition coefficient (Wildman–Crippen LogP) is 1.28. The van der Waals surface area contributed by atoms with Gasteiger partial charge in [0.1, 0.15) is 0 Å². The highest BCUT2D eigenvalue weighted by atomic mass is 32.2. The fourth-order valence-corrected chi connectivity index (χ4v) is 2.51. The predicted molar refractivity (Wildman–Crippen MR) is 70.9 cm³/mol. The maximum absolute atomic E-state index is 11.5. The zero-order chi connectivity index (χ0) is 12.4. The summed E-state index contributed by atoms with van der Waals surface area (Å²) in [5, 5.41) is 4.16. The SMILES string of the molecule is CCC1CSC(=NCC(C)(C)S(C)(=O)=O)N1.